The summed E-state index contributed by atoms with van der Waals surface area (Å²) in [5.41, 5.74) is 1.20. The maximum Gasteiger partial charge on any atom is 0.0641 e. The lowest BCUT2D eigenvalue weighted by Gasteiger charge is -2.16. The molecule has 1 aromatic rings. The van der Waals surface area contributed by atoms with E-state index in [4.69, 9.17) is 5.26 Å². The summed E-state index contributed by atoms with van der Waals surface area (Å²) in [4.78, 5) is 1.26. The van der Waals surface area contributed by atoms with Gasteiger partial charge in [-0.2, -0.15) is 5.26 Å². The van der Waals surface area contributed by atoms with E-state index in [0.29, 0.717) is 6.42 Å². The molecule has 0 heterocycles. The Hall–Kier alpha value is -0.980. The zero-order valence-corrected chi connectivity index (χ0v) is 10.7. The molecule has 0 radical (unpaired) electrons. The van der Waals surface area contributed by atoms with Crippen LogP contribution in [0.3, 0.4) is 0 Å². The lowest BCUT2D eigenvalue weighted by atomic mass is 10.0. The maximum atomic E-state index is 8.80. The molecule has 86 valence electrons. The van der Waals surface area contributed by atoms with Gasteiger partial charge in [0.2, 0.25) is 0 Å². The lowest BCUT2D eigenvalue weighted by molar-refractivity contribution is 0.540. The van der Waals surface area contributed by atoms with E-state index in [1.807, 2.05) is 0 Å². The Morgan fingerprint density at radius 3 is 2.56 bits per heavy atom. The van der Waals surface area contributed by atoms with Gasteiger partial charge in [0.15, 0.2) is 0 Å². The van der Waals surface area contributed by atoms with E-state index in [1.165, 1.54) is 10.5 Å². The van der Waals surface area contributed by atoms with Crippen molar-refractivity contribution in [3.63, 3.8) is 0 Å². The highest BCUT2D eigenvalue weighted by Crippen LogP contribution is 2.20. The van der Waals surface area contributed by atoms with Crippen molar-refractivity contribution in [2.45, 2.75) is 30.7 Å². The van der Waals surface area contributed by atoms with Crippen LogP contribution in [0, 0.1) is 11.3 Å². The Kier molecular flexibility index (Phi) is 5.99. The number of hydrogen-bond acceptors (Lipinski definition) is 3. The molecule has 0 aliphatic carbocycles. The van der Waals surface area contributed by atoms with Crippen LogP contribution in [-0.4, -0.2) is 12.8 Å². The molecule has 0 fully saturated rings. The molecule has 0 aromatic heterocycles. The van der Waals surface area contributed by atoms with Crippen LogP contribution < -0.4 is 5.32 Å². The minimum Gasteiger partial charge on any atom is -0.309 e. The van der Waals surface area contributed by atoms with Gasteiger partial charge in [-0.15, -0.1) is 11.8 Å². The molecule has 0 spiro atoms. The van der Waals surface area contributed by atoms with Crippen LogP contribution in [0.15, 0.2) is 29.2 Å². The van der Waals surface area contributed by atoms with Crippen molar-refractivity contribution in [2.24, 2.45) is 0 Å². The molecular formula is C13H18N2S. The van der Waals surface area contributed by atoms with Gasteiger partial charge in [-0.05, 0) is 36.9 Å². The summed E-state index contributed by atoms with van der Waals surface area (Å²) < 4.78 is 0. The van der Waals surface area contributed by atoms with Crippen LogP contribution in [0.2, 0.25) is 0 Å². The van der Waals surface area contributed by atoms with Crippen LogP contribution >= 0.6 is 11.8 Å². The average Bonchev–Trinajstić information content (AvgIpc) is 2.35. The molecule has 0 bridgehead atoms. The number of hydrogen-bond donors (Lipinski definition) is 1. The molecule has 1 aromatic carbocycles. The maximum absolute atomic E-state index is 8.80. The predicted octanol–water partition coefficient (Wildman–Crippen LogP) is 3.36. The van der Waals surface area contributed by atoms with Crippen molar-refractivity contribution in [3.8, 4) is 6.07 Å². The number of nitriles is 1. The Morgan fingerprint density at radius 1 is 1.38 bits per heavy atom. The summed E-state index contributed by atoms with van der Waals surface area (Å²) in [6.07, 6.45) is 3.68. The molecular weight excluding hydrogens is 216 g/mol. The minimum atomic E-state index is 0.167. The molecule has 0 aliphatic heterocycles. The monoisotopic (exact) mass is 234 g/mol. The molecule has 0 saturated heterocycles. The van der Waals surface area contributed by atoms with Crippen molar-refractivity contribution in [1.29, 1.82) is 5.26 Å². The molecule has 0 aliphatic rings. The molecule has 16 heavy (non-hydrogen) atoms. The van der Waals surface area contributed by atoms with Crippen LogP contribution in [0.5, 0.6) is 0 Å². The highest BCUT2D eigenvalue weighted by atomic mass is 32.2. The third-order valence-corrected chi connectivity index (χ3v) is 3.20. The minimum absolute atomic E-state index is 0.167. The van der Waals surface area contributed by atoms with Crippen LogP contribution in [-0.2, 0) is 0 Å². The second-order valence-corrected chi connectivity index (χ2v) is 4.52. The fraction of sp³-hybridized carbons (Fsp3) is 0.462. The van der Waals surface area contributed by atoms with Gasteiger partial charge in [-0.3, -0.25) is 0 Å². The molecule has 0 unspecified atom stereocenters. The molecule has 1 atom stereocenters. The first-order chi connectivity index (χ1) is 7.81. The summed E-state index contributed by atoms with van der Waals surface area (Å²) in [6.45, 7) is 3.09. The summed E-state index contributed by atoms with van der Waals surface area (Å²) in [6, 6.07) is 10.8. The van der Waals surface area contributed by atoms with Gasteiger partial charge in [-0.25, -0.2) is 0 Å². The van der Waals surface area contributed by atoms with E-state index in [9.17, 15) is 0 Å². The Labute approximate surface area is 102 Å². The van der Waals surface area contributed by atoms with E-state index in [-0.39, 0.29) is 6.04 Å². The highest BCUT2D eigenvalue weighted by molar-refractivity contribution is 7.98. The average molecular weight is 234 g/mol. The van der Waals surface area contributed by atoms with E-state index in [2.05, 4.69) is 48.8 Å². The summed E-state index contributed by atoms with van der Waals surface area (Å²) >= 11 is 1.74. The van der Waals surface area contributed by atoms with Crippen molar-refractivity contribution in [3.05, 3.63) is 29.8 Å². The summed E-state index contributed by atoms with van der Waals surface area (Å²) in [7, 11) is 0. The molecule has 3 heteroatoms. The third kappa shape index (κ3) is 3.88. The first kappa shape index (κ1) is 13.1. The molecule has 1 rings (SSSR count). The molecule has 1 N–H and O–H groups in total. The zero-order valence-electron chi connectivity index (χ0n) is 9.86. The summed E-state index contributed by atoms with van der Waals surface area (Å²) in [5.74, 6) is 0. The molecule has 0 saturated carbocycles. The summed E-state index contributed by atoms with van der Waals surface area (Å²) in [5, 5.41) is 12.2. The Morgan fingerprint density at radius 2 is 2.06 bits per heavy atom. The molecule has 0 amide bonds. The SMILES string of the molecule is CCCN[C@@H](CC#N)c1ccc(SC)cc1. The van der Waals surface area contributed by atoms with Crippen molar-refractivity contribution < 1.29 is 0 Å². The predicted molar refractivity (Wildman–Crippen MR) is 69.5 cm³/mol. The topological polar surface area (TPSA) is 35.8 Å². The first-order valence-corrected chi connectivity index (χ1v) is 6.78. The van der Waals surface area contributed by atoms with E-state index < -0.39 is 0 Å². The van der Waals surface area contributed by atoms with Crippen molar-refractivity contribution in [2.75, 3.05) is 12.8 Å². The third-order valence-electron chi connectivity index (χ3n) is 2.45. The van der Waals surface area contributed by atoms with Gasteiger partial charge in [0.05, 0.1) is 12.5 Å². The number of rotatable bonds is 6. The number of nitrogens with one attached hydrogen (secondary N) is 1. The van der Waals surface area contributed by atoms with Gasteiger partial charge in [0.25, 0.3) is 0 Å². The largest absolute Gasteiger partial charge is 0.309 e. The van der Waals surface area contributed by atoms with Crippen LogP contribution in [0.25, 0.3) is 0 Å². The zero-order chi connectivity index (χ0) is 11.8. The number of benzene rings is 1. The number of nitrogens with zero attached hydrogens (tertiary/aromatic N) is 1. The van der Waals surface area contributed by atoms with Gasteiger partial charge in [0.1, 0.15) is 0 Å². The van der Waals surface area contributed by atoms with Crippen LogP contribution in [0.4, 0.5) is 0 Å². The standard InChI is InChI=1S/C13H18N2S/c1-3-10-15-13(8-9-14)11-4-6-12(16-2)7-5-11/h4-7,13,15H,3,8,10H2,1-2H3/t13-/m0/s1. The highest BCUT2D eigenvalue weighted by Gasteiger charge is 2.09. The fourth-order valence-corrected chi connectivity index (χ4v) is 1.96. The Bertz CT molecular complexity index is 340. The smallest absolute Gasteiger partial charge is 0.0641 e. The van der Waals surface area contributed by atoms with Gasteiger partial charge >= 0.3 is 0 Å². The van der Waals surface area contributed by atoms with E-state index >= 15 is 0 Å². The second kappa shape index (κ2) is 7.32. The lowest BCUT2D eigenvalue weighted by Crippen LogP contribution is -2.21. The fourth-order valence-electron chi connectivity index (χ4n) is 1.55. The normalized spacial score (nSPS) is 12.1. The Balaban J connectivity index is 2.72. The van der Waals surface area contributed by atoms with Crippen LogP contribution in [0.1, 0.15) is 31.4 Å². The van der Waals surface area contributed by atoms with Crippen molar-refractivity contribution in [1.82, 2.24) is 5.32 Å². The first-order valence-electron chi connectivity index (χ1n) is 5.56. The second-order valence-electron chi connectivity index (χ2n) is 3.64. The van der Waals surface area contributed by atoms with E-state index in [0.717, 1.165) is 13.0 Å². The van der Waals surface area contributed by atoms with Gasteiger partial charge < -0.3 is 5.32 Å². The quantitative estimate of drug-likeness (QED) is 0.767. The van der Waals surface area contributed by atoms with Crippen molar-refractivity contribution >= 4 is 11.8 Å². The number of thioether (sulfide) groups is 1. The van der Waals surface area contributed by atoms with E-state index in [1.54, 1.807) is 11.8 Å². The van der Waals surface area contributed by atoms with Gasteiger partial charge in [-0.1, -0.05) is 19.1 Å². The molecule has 2 nitrogen and oxygen atoms in total. The van der Waals surface area contributed by atoms with Gasteiger partial charge in [0, 0.05) is 10.9 Å².